The number of nitrogens with zero attached hydrogens (tertiary/aromatic N) is 3. The van der Waals surface area contributed by atoms with Crippen molar-refractivity contribution in [2.45, 2.75) is 33.2 Å². The molecule has 0 aliphatic carbocycles. The lowest BCUT2D eigenvalue weighted by molar-refractivity contribution is -0.130. The van der Waals surface area contributed by atoms with Crippen LogP contribution < -0.4 is 10.6 Å². The molecule has 2 N–H and O–H groups in total. The Labute approximate surface area is 114 Å². The summed E-state index contributed by atoms with van der Waals surface area (Å²) in [7, 11) is 3.62. The second kappa shape index (κ2) is 6.92. The zero-order valence-electron chi connectivity index (χ0n) is 12.3. The highest BCUT2D eigenvalue weighted by atomic mass is 16.2. The van der Waals surface area contributed by atoms with E-state index in [-0.39, 0.29) is 11.9 Å². The van der Waals surface area contributed by atoms with Crippen molar-refractivity contribution in [3.05, 3.63) is 11.9 Å². The van der Waals surface area contributed by atoms with E-state index < -0.39 is 0 Å². The summed E-state index contributed by atoms with van der Waals surface area (Å²) in [5.74, 6) is 1.56. The molecule has 0 aliphatic rings. The average Bonchev–Trinajstić information content (AvgIpc) is 2.44. The van der Waals surface area contributed by atoms with Gasteiger partial charge in [-0.05, 0) is 20.3 Å². The van der Waals surface area contributed by atoms with E-state index >= 15 is 0 Å². The Bertz CT molecular complexity index is 435. The van der Waals surface area contributed by atoms with E-state index in [1.165, 1.54) is 6.33 Å². The Morgan fingerprint density at radius 2 is 2.00 bits per heavy atom. The molecule has 1 unspecified atom stereocenters. The maximum Gasteiger partial charge on any atom is 0.244 e. The molecule has 106 valence electrons. The first kappa shape index (κ1) is 15.2. The van der Waals surface area contributed by atoms with Gasteiger partial charge in [-0.1, -0.05) is 6.92 Å². The highest BCUT2D eigenvalue weighted by Crippen LogP contribution is 2.20. The third kappa shape index (κ3) is 3.56. The van der Waals surface area contributed by atoms with Crippen LogP contribution in [-0.2, 0) is 11.2 Å². The summed E-state index contributed by atoms with van der Waals surface area (Å²) in [5, 5.41) is 6.21. The van der Waals surface area contributed by atoms with Crippen LogP contribution in [0, 0.1) is 0 Å². The fraction of sp³-hybridized carbons (Fsp3) is 0.615. The number of hydrogen-bond donors (Lipinski definition) is 2. The van der Waals surface area contributed by atoms with Gasteiger partial charge in [-0.3, -0.25) is 4.79 Å². The molecule has 0 saturated carbocycles. The summed E-state index contributed by atoms with van der Waals surface area (Å²) in [5.41, 5.74) is 0.990. The first-order chi connectivity index (χ1) is 9.04. The molecule has 0 saturated heterocycles. The fourth-order valence-corrected chi connectivity index (χ4v) is 1.84. The molecular weight excluding hydrogens is 242 g/mol. The number of nitrogens with one attached hydrogen (secondary N) is 2. The van der Waals surface area contributed by atoms with Gasteiger partial charge in [0.05, 0.1) is 0 Å². The molecule has 6 nitrogen and oxygen atoms in total. The zero-order valence-corrected chi connectivity index (χ0v) is 12.3. The second-order valence-corrected chi connectivity index (χ2v) is 4.37. The van der Waals surface area contributed by atoms with Gasteiger partial charge >= 0.3 is 0 Å². The Hall–Kier alpha value is -1.85. The van der Waals surface area contributed by atoms with Crippen molar-refractivity contribution in [3.8, 4) is 0 Å². The molecule has 1 aromatic rings. The molecule has 0 bridgehead atoms. The third-order valence-corrected chi connectivity index (χ3v) is 3.11. The Kier molecular flexibility index (Phi) is 5.54. The predicted octanol–water partition coefficient (Wildman–Crippen LogP) is 1.36. The van der Waals surface area contributed by atoms with Gasteiger partial charge in [-0.2, -0.15) is 0 Å². The van der Waals surface area contributed by atoms with Crippen LogP contribution in [0.4, 0.5) is 11.6 Å². The van der Waals surface area contributed by atoms with Crippen molar-refractivity contribution < 1.29 is 4.79 Å². The van der Waals surface area contributed by atoms with Crippen molar-refractivity contribution in [2.75, 3.05) is 31.3 Å². The van der Waals surface area contributed by atoms with E-state index in [9.17, 15) is 4.79 Å². The van der Waals surface area contributed by atoms with E-state index in [1.807, 2.05) is 27.8 Å². The lowest BCUT2D eigenvalue weighted by atomic mass is 10.2. The summed E-state index contributed by atoms with van der Waals surface area (Å²) in [6, 6.07) is -0.310. The molecule has 19 heavy (non-hydrogen) atoms. The van der Waals surface area contributed by atoms with Gasteiger partial charge in [-0.25, -0.2) is 9.97 Å². The summed E-state index contributed by atoms with van der Waals surface area (Å²) in [4.78, 5) is 22.1. The van der Waals surface area contributed by atoms with Crippen molar-refractivity contribution in [1.29, 1.82) is 0 Å². The van der Waals surface area contributed by atoms with Crippen LogP contribution in [-0.4, -0.2) is 47.5 Å². The smallest absolute Gasteiger partial charge is 0.244 e. The van der Waals surface area contributed by atoms with Crippen molar-refractivity contribution in [3.63, 3.8) is 0 Å². The van der Waals surface area contributed by atoms with E-state index in [4.69, 9.17) is 0 Å². The number of carbonyl (C=O) groups is 1. The number of hydrogen-bond acceptors (Lipinski definition) is 5. The molecule has 0 aromatic carbocycles. The lowest BCUT2D eigenvalue weighted by Crippen LogP contribution is -2.39. The number of likely N-dealkylation sites (N-methyl/N-ethyl adjacent to an activating group) is 1. The van der Waals surface area contributed by atoms with Gasteiger partial charge in [0.2, 0.25) is 5.91 Å². The molecule has 1 amide bonds. The van der Waals surface area contributed by atoms with Crippen LogP contribution in [0.25, 0.3) is 0 Å². The second-order valence-electron chi connectivity index (χ2n) is 4.37. The number of carbonyl (C=O) groups excluding carboxylic acids is 1. The SMILES string of the molecule is CCc1c(NC)ncnc1NC(C)C(=O)N(C)CC. The number of aromatic nitrogens is 2. The van der Waals surface area contributed by atoms with Crippen LogP contribution in [0.5, 0.6) is 0 Å². The van der Waals surface area contributed by atoms with Crippen LogP contribution in [0.15, 0.2) is 6.33 Å². The van der Waals surface area contributed by atoms with Crippen molar-refractivity contribution in [2.24, 2.45) is 0 Å². The first-order valence-corrected chi connectivity index (χ1v) is 6.58. The number of rotatable bonds is 6. The normalized spacial score (nSPS) is 11.8. The standard InChI is InChI=1S/C13H23N5O/c1-6-10-11(14-4)15-8-16-12(10)17-9(3)13(19)18(5)7-2/h8-9H,6-7H2,1-5H3,(H2,14,15,16,17). The van der Waals surface area contributed by atoms with Gasteiger partial charge in [0.25, 0.3) is 0 Å². The molecule has 1 aromatic heterocycles. The van der Waals surface area contributed by atoms with Gasteiger partial charge < -0.3 is 15.5 Å². The van der Waals surface area contributed by atoms with Gasteiger partial charge in [0.15, 0.2) is 0 Å². The lowest BCUT2D eigenvalue weighted by Gasteiger charge is -2.22. The topological polar surface area (TPSA) is 70.1 Å². The Morgan fingerprint density at radius 3 is 2.53 bits per heavy atom. The molecule has 1 rings (SSSR count). The Morgan fingerprint density at radius 1 is 1.37 bits per heavy atom. The van der Waals surface area contributed by atoms with E-state index in [0.29, 0.717) is 12.4 Å². The van der Waals surface area contributed by atoms with Crippen LogP contribution in [0.2, 0.25) is 0 Å². The van der Waals surface area contributed by atoms with E-state index in [1.54, 1.807) is 11.9 Å². The van der Waals surface area contributed by atoms with Gasteiger partial charge in [0, 0.05) is 26.2 Å². The molecule has 1 atom stereocenters. The third-order valence-electron chi connectivity index (χ3n) is 3.11. The molecule has 1 heterocycles. The zero-order chi connectivity index (χ0) is 14.4. The molecule has 0 spiro atoms. The minimum atomic E-state index is -0.310. The molecule has 0 radical (unpaired) electrons. The predicted molar refractivity (Wildman–Crippen MR) is 77.4 cm³/mol. The number of amides is 1. The minimum Gasteiger partial charge on any atom is -0.373 e. The highest BCUT2D eigenvalue weighted by molar-refractivity contribution is 5.84. The van der Waals surface area contributed by atoms with E-state index in [2.05, 4.69) is 20.6 Å². The van der Waals surface area contributed by atoms with Crippen LogP contribution >= 0.6 is 0 Å². The molecular formula is C13H23N5O. The van der Waals surface area contributed by atoms with Crippen molar-refractivity contribution in [1.82, 2.24) is 14.9 Å². The first-order valence-electron chi connectivity index (χ1n) is 6.58. The van der Waals surface area contributed by atoms with Crippen LogP contribution in [0.1, 0.15) is 26.3 Å². The summed E-state index contributed by atoms with van der Waals surface area (Å²) < 4.78 is 0. The fourth-order valence-electron chi connectivity index (χ4n) is 1.84. The molecule has 0 aliphatic heterocycles. The minimum absolute atomic E-state index is 0.0502. The number of anilines is 2. The maximum atomic E-state index is 12.0. The van der Waals surface area contributed by atoms with Gasteiger partial charge in [0.1, 0.15) is 24.0 Å². The van der Waals surface area contributed by atoms with E-state index in [0.717, 1.165) is 17.8 Å². The molecule has 0 fully saturated rings. The average molecular weight is 265 g/mol. The summed E-state index contributed by atoms with van der Waals surface area (Å²) in [6.45, 7) is 6.52. The summed E-state index contributed by atoms with van der Waals surface area (Å²) >= 11 is 0. The molecule has 6 heteroatoms. The maximum absolute atomic E-state index is 12.0. The van der Waals surface area contributed by atoms with Crippen molar-refractivity contribution >= 4 is 17.5 Å². The monoisotopic (exact) mass is 265 g/mol. The highest BCUT2D eigenvalue weighted by Gasteiger charge is 2.18. The van der Waals surface area contributed by atoms with Gasteiger partial charge in [-0.15, -0.1) is 0 Å². The summed E-state index contributed by atoms with van der Waals surface area (Å²) in [6.07, 6.45) is 2.29. The quantitative estimate of drug-likeness (QED) is 0.812. The largest absolute Gasteiger partial charge is 0.373 e. The Balaban J connectivity index is 2.90. The van der Waals surface area contributed by atoms with Crippen LogP contribution in [0.3, 0.4) is 0 Å².